The number of methoxy groups -OCH3 is 1. The fourth-order valence-electron chi connectivity index (χ4n) is 2.03. The summed E-state index contributed by atoms with van der Waals surface area (Å²) in [5, 5.41) is 0. The Hall–Kier alpha value is -2.76. The lowest BCUT2D eigenvalue weighted by molar-refractivity contribution is -0.152. The molecule has 126 valence electrons. The van der Waals surface area contributed by atoms with Crippen LogP contribution in [0.15, 0.2) is 36.5 Å². The number of aldehydes is 1. The van der Waals surface area contributed by atoms with E-state index in [0.717, 1.165) is 0 Å². The van der Waals surface area contributed by atoms with Crippen molar-refractivity contribution in [3.05, 3.63) is 47.9 Å². The summed E-state index contributed by atoms with van der Waals surface area (Å²) in [6.07, 6.45) is 2.01. The molecular formula is C18H18FNO4. The third-order valence-corrected chi connectivity index (χ3v) is 3.52. The zero-order valence-electron chi connectivity index (χ0n) is 13.7. The van der Waals surface area contributed by atoms with Crippen molar-refractivity contribution in [2.75, 3.05) is 13.7 Å². The van der Waals surface area contributed by atoms with E-state index in [2.05, 4.69) is 4.98 Å². The number of benzene rings is 1. The molecule has 0 aliphatic rings. The molecule has 2 aromatic rings. The highest BCUT2D eigenvalue weighted by Crippen LogP contribution is 2.24. The summed E-state index contributed by atoms with van der Waals surface area (Å²) in [7, 11) is 1.33. The van der Waals surface area contributed by atoms with Crippen LogP contribution in [0.1, 0.15) is 24.2 Å². The Morgan fingerprint density at radius 3 is 2.50 bits per heavy atom. The van der Waals surface area contributed by atoms with Crippen molar-refractivity contribution in [2.45, 2.75) is 13.8 Å². The summed E-state index contributed by atoms with van der Waals surface area (Å²) in [6, 6.07) is 7.70. The van der Waals surface area contributed by atoms with E-state index in [0.29, 0.717) is 23.3 Å². The van der Waals surface area contributed by atoms with Crippen molar-refractivity contribution >= 4 is 12.3 Å². The normalized spacial score (nSPS) is 11.0. The topological polar surface area (TPSA) is 65.5 Å². The van der Waals surface area contributed by atoms with E-state index in [4.69, 9.17) is 9.47 Å². The molecule has 0 bridgehead atoms. The van der Waals surface area contributed by atoms with E-state index in [1.54, 1.807) is 32.0 Å². The summed E-state index contributed by atoms with van der Waals surface area (Å²) < 4.78 is 23.9. The molecule has 0 aliphatic carbocycles. The number of carbonyl (C=O) groups is 2. The Balaban J connectivity index is 2.09. The molecule has 0 saturated carbocycles. The third-order valence-electron chi connectivity index (χ3n) is 3.52. The molecule has 5 nitrogen and oxygen atoms in total. The van der Waals surface area contributed by atoms with Gasteiger partial charge in [-0.15, -0.1) is 0 Å². The highest BCUT2D eigenvalue weighted by molar-refractivity contribution is 5.77. The SMILES string of the molecule is COC(=O)C(C)(C)COc1ccc(-c2ccc(C=O)c(F)c2)cn1. The molecule has 0 amide bonds. The summed E-state index contributed by atoms with van der Waals surface area (Å²) in [5.74, 6) is -0.603. The maximum absolute atomic E-state index is 13.7. The second-order valence-corrected chi connectivity index (χ2v) is 5.90. The van der Waals surface area contributed by atoms with Crippen LogP contribution in [0.25, 0.3) is 11.1 Å². The molecule has 0 unspecified atom stereocenters. The largest absolute Gasteiger partial charge is 0.476 e. The lowest BCUT2D eigenvalue weighted by Gasteiger charge is -2.21. The summed E-state index contributed by atoms with van der Waals surface area (Å²) in [5.41, 5.74) is 0.512. The Morgan fingerprint density at radius 2 is 1.96 bits per heavy atom. The van der Waals surface area contributed by atoms with Gasteiger partial charge in [-0.1, -0.05) is 6.07 Å². The molecular weight excluding hydrogens is 313 g/mol. The number of rotatable bonds is 6. The number of ether oxygens (including phenoxy) is 2. The van der Waals surface area contributed by atoms with Crippen LogP contribution in [-0.2, 0) is 9.53 Å². The monoisotopic (exact) mass is 331 g/mol. The molecule has 24 heavy (non-hydrogen) atoms. The number of pyridine rings is 1. The van der Waals surface area contributed by atoms with Crippen LogP contribution >= 0.6 is 0 Å². The summed E-state index contributed by atoms with van der Waals surface area (Å²) in [6.45, 7) is 3.55. The lowest BCUT2D eigenvalue weighted by atomic mass is 9.95. The Morgan fingerprint density at radius 1 is 1.25 bits per heavy atom. The second-order valence-electron chi connectivity index (χ2n) is 5.90. The summed E-state index contributed by atoms with van der Waals surface area (Å²) >= 11 is 0. The highest BCUT2D eigenvalue weighted by atomic mass is 19.1. The van der Waals surface area contributed by atoms with E-state index in [1.807, 2.05) is 0 Å². The minimum Gasteiger partial charge on any atom is -0.476 e. The predicted molar refractivity (Wildman–Crippen MR) is 86.3 cm³/mol. The Bertz CT molecular complexity index is 741. The van der Waals surface area contributed by atoms with Crippen molar-refractivity contribution in [3.63, 3.8) is 0 Å². The van der Waals surface area contributed by atoms with E-state index in [9.17, 15) is 14.0 Å². The van der Waals surface area contributed by atoms with Crippen LogP contribution < -0.4 is 4.74 Å². The second kappa shape index (κ2) is 7.21. The van der Waals surface area contributed by atoms with E-state index in [1.165, 1.54) is 25.4 Å². The van der Waals surface area contributed by atoms with Gasteiger partial charge in [-0.25, -0.2) is 9.37 Å². The minimum absolute atomic E-state index is 0.0108. The zero-order chi connectivity index (χ0) is 17.7. The molecule has 1 aromatic carbocycles. The maximum atomic E-state index is 13.7. The number of esters is 1. The predicted octanol–water partition coefficient (Wildman–Crippen LogP) is 3.28. The molecule has 0 fully saturated rings. The molecule has 0 atom stereocenters. The molecule has 2 rings (SSSR count). The maximum Gasteiger partial charge on any atom is 0.314 e. The Kier molecular flexibility index (Phi) is 5.28. The smallest absolute Gasteiger partial charge is 0.314 e. The van der Waals surface area contributed by atoms with E-state index >= 15 is 0 Å². The fourth-order valence-corrected chi connectivity index (χ4v) is 2.03. The van der Waals surface area contributed by atoms with Gasteiger partial charge in [-0.2, -0.15) is 0 Å². The van der Waals surface area contributed by atoms with Crippen LogP contribution in [0.5, 0.6) is 5.88 Å². The summed E-state index contributed by atoms with van der Waals surface area (Å²) in [4.78, 5) is 26.4. The molecule has 0 radical (unpaired) electrons. The first-order chi connectivity index (χ1) is 11.4. The van der Waals surface area contributed by atoms with Crippen molar-refractivity contribution in [3.8, 4) is 17.0 Å². The molecule has 0 aliphatic heterocycles. The molecule has 0 N–H and O–H groups in total. The molecule has 1 heterocycles. The van der Waals surface area contributed by atoms with Gasteiger partial charge >= 0.3 is 5.97 Å². The first-order valence-electron chi connectivity index (χ1n) is 7.30. The van der Waals surface area contributed by atoms with Gasteiger partial charge in [0.1, 0.15) is 12.4 Å². The van der Waals surface area contributed by atoms with Gasteiger partial charge < -0.3 is 9.47 Å². The molecule has 6 heteroatoms. The van der Waals surface area contributed by atoms with Gasteiger partial charge in [0.05, 0.1) is 18.1 Å². The van der Waals surface area contributed by atoms with E-state index < -0.39 is 11.2 Å². The quantitative estimate of drug-likeness (QED) is 0.600. The van der Waals surface area contributed by atoms with Crippen LogP contribution in [0, 0.1) is 11.2 Å². The third kappa shape index (κ3) is 3.95. The van der Waals surface area contributed by atoms with Crippen LogP contribution in [0.4, 0.5) is 4.39 Å². The van der Waals surface area contributed by atoms with Gasteiger partial charge in [0.25, 0.3) is 0 Å². The number of aromatic nitrogens is 1. The van der Waals surface area contributed by atoms with Crippen LogP contribution in [0.3, 0.4) is 0 Å². The van der Waals surface area contributed by atoms with Crippen LogP contribution in [-0.4, -0.2) is 31.0 Å². The number of hydrogen-bond acceptors (Lipinski definition) is 5. The highest BCUT2D eigenvalue weighted by Gasteiger charge is 2.29. The standard InChI is InChI=1S/C18H18FNO4/c1-18(2,17(22)23-3)11-24-16-7-6-13(9-20-16)12-4-5-14(10-21)15(19)8-12/h4-10H,11H2,1-3H3. The van der Waals surface area contributed by atoms with Gasteiger partial charge in [-0.05, 0) is 37.6 Å². The number of halogens is 1. The van der Waals surface area contributed by atoms with Gasteiger partial charge in [0.2, 0.25) is 5.88 Å². The van der Waals surface area contributed by atoms with Gasteiger partial charge in [0.15, 0.2) is 6.29 Å². The lowest BCUT2D eigenvalue weighted by Crippen LogP contribution is -2.32. The Labute approximate surface area is 139 Å². The minimum atomic E-state index is -0.789. The van der Waals surface area contributed by atoms with Crippen molar-refractivity contribution in [1.29, 1.82) is 0 Å². The van der Waals surface area contributed by atoms with Crippen LogP contribution in [0.2, 0.25) is 0 Å². The van der Waals surface area contributed by atoms with Crippen molar-refractivity contribution in [2.24, 2.45) is 5.41 Å². The average molecular weight is 331 g/mol. The van der Waals surface area contributed by atoms with Crippen molar-refractivity contribution < 1.29 is 23.5 Å². The van der Waals surface area contributed by atoms with Gasteiger partial charge in [0, 0.05) is 17.8 Å². The van der Waals surface area contributed by atoms with E-state index in [-0.39, 0.29) is 18.1 Å². The fraction of sp³-hybridized carbons (Fsp3) is 0.278. The van der Waals surface area contributed by atoms with Gasteiger partial charge in [-0.3, -0.25) is 9.59 Å². The molecule has 0 saturated heterocycles. The number of carbonyl (C=O) groups excluding carboxylic acids is 2. The number of hydrogen-bond donors (Lipinski definition) is 0. The zero-order valence-corrected chi connectivity index (χ0v) is 13.7. The van der Waals surface area contributed by atoms with Crippen molar-refractivity contribution in [1.82, 2.24) is 4.98 Å². The molecule has 0 spiro atoms. The first-order valence-corrected chi connectivity index (χ1v) is 7.30. The average Bonchev–Trinajstić information content (AvgIpc) is 2.59. The number of nitrogens with zero attached hydrogens (tertiary/aromatic N) is 1. The molecule has 1 aromatic heterocycles. The first kappa shape index (κ1) is 17.6.